The number of nitrogens with one attached hydrogen (secondary N) is 1. The molecule has 3 aromatic rings. The Bertz CT molecular complexity index is 792. The van der Waals surface area contributed by atoms with Crippen LogP contribution in [-0.2, 0) is 5.66 Å². The fourth-order valence-electron chi connectivity index (χ4n) is 1.92. The van der Waals surface area contributed by atoms with Crippen molar-refractivity contribution in [1.29, 1.82) is 0 Å². The average Bonchev–Trinajstić information content (AvgIpc) is 3.07. The number of aromatic nitrogens is 2. The van der Waals surface area contributed by atoms with Crippen molar-refractivity contribution in [2.45, 2.75) is 5.66 Å². The van der Waals surface area contributed by atoms with Crippen molar-refractivity contribution >= 4 is 45.7 Å². The topological polar surface area (TPSA) is 69.1 Å². The van der Waals surface area contributed by atoms with E-state index in [2.05, 4.69) is 25.9 Å². The molecule has 110 valence electrons. The number of hydrogen-bond donors (Lipinski definition) is 3. The van der Waals surface area contributed by atoms with E-state index in [1.165, 1.54) is 0 Å². The van der Waals surface area contributed by atoms with Crippen LogP contribution in [0, 0.1) is 0 Å². The van der Waals surface area contributed by atoms with Gasteiger partial charge in [0.05, 0.1) is 4.88 Å². The van der Waals surface area contributed by atoms with Crippen LogP contribution < -0.4 is 0 Å². The quantitative estimate of drug-likeness (QED) is 0.578. The number of thiophene rings is 1. The van der Waals surface area contributed by atoms with Crippen LogP contribution in [0.3, 0.4) is 0 Å². The zero-order chi connectivity index (χ0) is 15.2. The van der Waals surface area contributed by atoms with Crippen LogP contribution in [0.5, 0.6) is 0 Å². The lowest BCUT2D eigenvalue weighted by Gasteiger charge is -2.15. The first kappa shape index (κ1) is 15.0. The van der Waals surface area contributed by atoms with E-state index >= 15 is 0 Å². The molecule has 4 nitrogen and oxygen atoms in total. The molecule has 9 heteroatoms. The molecule has 2 heterocycles. The summed E-state index contributed by atoms with van der Waals surface area (Å²) in [5.41, 5.74) is -2.90. The Labute approximate surface area is 131 Å². The largest absolute Gasteiger partial charge is 0.349 e. The Morgan fingerprint density at radius 3 is 2.71 bits per heavy atom. The molecular formula is C12H8BrF2N2O2PS. The van der Waals surface area contributed by atoms with Gasteiger partial charge in [0, 0.05) is 32.5 Å². The van der Waals surface area contributed by atoms with E-state index in [-0.39, 0.29) is 9.35 Å². The van der Waals surface area contributed by atoms with Gasteiger partial charge in [-0.25, -0.2) is 4.98 Å². The van der Waals surface area contributed by atoms with Crippen LogP contribution in [0.1, 0.15) is 4.88 Å². The highest BCUT2D eigenvalue weighted by Crippen LogP contribution is 2.57. The summed E-state index contributed by atoms with van der Waals surface area (Å²) in [7, 11) is -3.39. The lowest BCUT2D eigenvalue weighted by molar-refractivity contribution is 0.0766. The lowest BCUT2D eigenvalue weighted by Crippen LogP contribution is -2.08. The van der Waals surface area contributed by atoms with Crippen molar-refractivity contribution in [2.24, 2.45) is 0 Å². The molecule has 21 heavy (non-hydrogen) atoms. The van der Waals surface area contributed by atoms with Gasteiger partial charge < -0.3 is 14.8 Å². The Morgan fingerprint density at radius 2 is 2.10 bits per heavy atom. The minimum absolute atomic E-state index is 0.177. The molecule has 2 aromatic heterocycles. The maximum absolute atomic E-state index is 13.8. The molecule has 0 unspecified atom stereocenters. The smallest absolute Gasteiger partial charge is 0.346 e. The number of halogens is 3. The van der Waals surface area contributed by atoms with Crippen molar-refractivity contribution < 1.29 is 18.6 Å². The zero-order valence-electron chi connectivity index (χ0n) is 10.2. The van der Waals surface area contributed by atoms with E-state index in [9.17, 15) is 8.78 Å². The van der Waals surface area contributed by atoms with Gasteiger partial charge >= 0.3 is 5.66 Å². The predicted octanol–water partition coefficient (Wildman–Crippen LogP) is 4.40. The van der Waals surface area contributed by atoms with E-state index < -0.39 is 14.0 Å². The Kier molecular flexibility index (Phi) is 3.83. The minimum Gasteiger partial charge on any atom is -0.346 e. The van der Waals surface area contributed by atoms with Crippen molar-refractivity contribution in [1.82, 2.24) is 9.97 Å². The van der Waals surface area contributed by atoms with Crippen molar-refractivity contribution in [3.05, 3.63) is 39.9 Å². The number of H-pyrrole nitrogens is 1. The first-order valence-corrected chi connectivity index (χ1v) is 8.55. The average molecular weight is 393 g/mol. The number of hydrogen-bond acceptors (Lipinski definition) is 4. The maximum Gasteiger partial charge on any atom is 0.349 e. The second kappa shape index (κ2) is 5.37. The maximum atomic E-state index is 13.8. The van der Waals surface area contributed by atoms with Gasteiger partial charge in [0.15, 0.2) is 0 Å². The SMILES string of the molecule is OP(O)C(F)(F)c1sc2ccc(-c3ncc[nH]3)cc2c1Br. The molecule has 1 aromatic carbocycles. The molecule has 0 radical (unpaired) electrons. The predicted molar refractivity (Wildman–Crippen MR) is 82.4 cm³/mol. The summed E-state index contributed by atoms with van der Waals surface area (Å²) in [4.78, 5) is 24.5. The number of aromatic amines is 1. The van der Waals surface area contributed by atoms with Crippen molar-refractivity contribution in [3.63, 3.8) is 0 Å². The molecule has 3 N–H and O–H groups in total. The highest BCUT2D eigenvalue weighted by Gasteiger charge is 2.44. The van der Waals surface area contributed by atoms with Crippen LogP contribution in [0.4, 0.5) is 8.78 Å². The van der Waals surface area contributed by atoms with Gasteiger partial charge in [-0.05, 0) is 34.1 Å². The van der Waals surface area contributed by atoms with E-state index in [0.717, 1.165) is 16.9 Å². The van der Waals surface area contributed by atoms with E-state index in [1.54, 1.807) is 30.6 Å². The van der Waals surface area contributed by atoms with Crippen LogP contribution in [0.2, 0.25) is 0 Å². The molecular weight excluding hydrogens is 385 g/mol. The number of imidazole rings is 1. The van der Waals surface area contributed by atoms with Gasteiger partial charge in [-0.1, -0.05) is 0 Å². The fourth-order valence-corrected chi connectivity index (χ4v) is 4.65. The number of nitrogens with zero attached hydrogens (tertiary/aromatic N) is 1. The van der Waals surface area contributed by atoms with Crippen LogP contribution in [0.15, 0.2) is 35.1 Å². The number of benzene rings is 1. The molecule has 0 spiro atoms. The summed E-state index contributed by atoms with van der Waals surface area (Å²) in [5.74, 6) is 0.634. The summed E-state index contributed by atoms with van der Waals surface area (Å²) in [6.45, 7) is 0. The van der Waals surface area contributed by atoms with Crippen LogP contribution in [-0.4, -0.2) is 19.8 Å². The third-order valence-electron chi connectivity index (χ3n) is 2.92. The summed E-state index contributed by atoms with van der Waals surface area (Å²) in [6.07, 6.45) is 3.28. The summed E-state index contributed by atoms with van der Waals surface area (Å²) in [5, 5.41) is 0.584. The molecule has 0 saturated heterocycles. The minimum atomic E-state index is -3.66. The monoisotopic (exact) mass is 392 g/mol. The molecule has 3 rings (SSSR count). The Morgan fingerprint density at radius 1 is 1.33 bits per heavy atom. The highest BCUT2D eigenvalue weighted by atomic mass is 79.9. The third kappa shape index (κ3) is 2.51. The number of alkyl halides is 2. The van der Waals surface area contributed by atoms with Gasteiger partial charge in [0.25, 0.3) is 0 Å². The number of rotatable bonds is 3. The molecule has 0 aliphatic heterocycles. The second-order valence-corrected chi connectivity index (χ2v) is 7.21. The summed E-state index contributed by atoms with van der Waals surface area (Å²) < 4.78 is 28.5. The number of fused-ring (bicyclic) bond motifs is 1. The molecule has 0 bridgehead atoms. The fraction of sp³-hybridized carbons (Fsp3) is 0.0833. The second-order valence-electron chi connectivity index (χ2n) is 4.22. The lowest BCUT2D eigenvalue weighted by atomic mass is 10.1. The van der Waals surface area contributed by atoms with Crippen molar-refractivity contribution in [2.75, 3.05) is 0 Å². The normalized spacial score (nSPS) is 12.5. The summed E-state index contributed by atoms with van der Waals surface area (Å²) in [6, 6.07) is 5.21. The van der Waals surface area contributed by atoms with E-state index in [0.29, 0.717) is 15.9 Å². The van der Waals surface area contributed by atoms with Crippen molar-refractivity contribution in [3.8, 4) is 11.4 Å². The van der Waals surface area contributed by atoms with Gasteiger partial charge in [0.1, 0.15) is 5.82 Å². The van der Waals surface area contributed by atoms with Gasteiger partial charge in [-0.3, -0.25) is 0 Å². The molecule has 0 saturated carbocycles. The van der Waals surface area contributed by atoms with Crippen LogP contribution >= 0.6 is 35.6 Å². The first-order chi connectivity index (χ1) is 9.91. The zero-order valence-corrected chi connectivity index (χ0v) is 13.5. The van der Waals surface area contributed by atoms with Gasteiger partial charge in [-0.2, -0.15) is 8.78 Å². The molecule has 0 aliphatic rings. The van der Waals surface area contributed by atoms with Gasteiger partial charge in [-0.15, -0.1) is 11.3 Å². The van der Waals surface area contributed by atoms with E-state index in [1.807, 2.05) is 0 Å². The Balaban J connectivity index is 2.17. The third-order valence-corrected chi connectivity index (χ3v) is 6.13. The standard InChI is InChI=1S/C12H8BrF2N2O2PS/c13-9-7-5-6(11-16-3-4-17-11)1-2-8(7)21-10(9)12(14,15)20(18)19/h1-5,18-19H,(H,16,17). The molecule has 0 fully saturated rings. The molecule has 0 amide bonds. The molecule has 0 atom stereocenters. The van der Waals surface area contributed by atoms with Crippen LogP contribution in [0.25, 0.3) is 21.5 Å². The molecule has 0 aliphatic carbocycles. The summed E-state index contributed by atoms with van der Waals surface area (Å²) >= 11 is 3.98. The van der Waals surface area contributed by atoms with Gasteiger partial charge in [0.2, 0.25) is 8.38 Å². The highest BCUT2D eigenvalue weighted by molar-refractivity contribution is 9.10. The van der Waals surface area contributed by atoms with E-state index in [4.69, 9.17) is 9.79 Å². The first-order valence-electron chi connectivity index (χ1n) is 5.69. The Hall–Kier alpha value is -0.920.